The Kier molecular flexibility index (Phi) is 7.16. The molecule has 0 bridgehead atoms. The van der Waals surface area contributed by atoms with Gasteiger partial charge in [0.05, 0.1) is 69.3 Å². The quantitative estimate of drug-likeness (QED) is 0.124. The van der Waals surface area contributed by atoms with Crippen LogP contribution in [-0.4, -0.2) is 50.0 Å². The maximum atomic E-state index is 16.5. The maximum absolute atomic E-state index is 16.5. The van der Waals surface area contributed by atoms with Gasteiger partial charge in [0, 0.05) is 11.0 Å². The van der Waals surface area contributed by atoms with Crippen LogP contribution in [0.15, 0.2) is 125 Å². The van der Waals surface area contributed by atoms with Crippen molar-refractivity contribution in [3.05, 3.63) is 164 Å². The summed E-state index contributed by atoms with van der Waals surface area (Å²) in [5, 5.41) is 11.5. The number of amides is 4. The Morgan fingerprint density at radius 2 is 1.18 bits per heavy atom. The number of Topliss-reactive ketones (excluding diaryl/α,β-unsaturated/α-hetero) is 1. The van der Waals surface area contributed by atoms with E-state index in [1.807, 2.05) is 0 Å². The number of carbonyl (C=O) groups excluding carboxylic acids is 5. The topological polar surface area (TPSA) is 128 Å². The van der Waals surface area contributed by atoms with Gasteiger partial charge in [-0.25, -0.2) is 9.38 Å². The number of hydrogen-bond acceptors (Lipinski definition) is 8. The van der Waals surface area contributed by atoms with Gasteiger partial charge in [-0.2, -0.15) is 5.12 Å². The van der Waals surface area contributed by atoms with E-state index in [0.717, 1.165) is 9.80 Å². The molecule has 0 fully saturated rings. The second kappa shape index (κ2) is 11.6. The normalized spacial score (nSPS) is 22.2. The Labute approximate surface area is 312 Å². The van der Waals surface area contributed by atoms with E-state index in [1.165, 1.54) is 31.2 Å². The van der Waals surface area contributed by atoms with E-state index < -0.39 is 46.3 Å². The van der Waals surface area contributed by atoms with Crippen molar-refractivity contribution in [2.24, 2.45) is 4.99 Å². The molecule has 1 N–H and O–H groups in total. The number of rotatable bonds is 6. The number of imide groups is 2. The Bertz CT molecular complexity index is 2580. The number of carbonyl (C=O) groups is 5. The molecule has 0 saturated heterocycles. The van der Waals surface area contributed by atoms with Crippen molar-refractivity contribution in [2.75, 3.05) is 5.12 Å². The number of benzene rings is 4. The molecule has 1 atom stereocenters. The minimum Gasteiger partial charge on any atom is -0.506 e. The third-order valence-electron chi connectivity index (χ3n) is 11.1. The van der Waals surface area contributed by atoms with Crippen molar-refractivity contribution < 1.29 is 38.0 Å². The van der Waals surface area contributed by atoms with Crippen LogP contribution in [0.25, 0.3) is 0 Å². The van der Waals surface area contributed by atoms with Gasteiger partial charge in [-0.1, -0.05) is 60.8 Å². The summed E-state index contributed by atoms with van der Waals surface area (Å²) in [6.07, 6.45) is 2.45. The van der Waals surface area contributed by atoms with Gasteiger partial charge in [-0.3, -0.25) is 33.8 Å². The highest BCUT2D eigenvalue weighted by Crippen LogP contribution is 2.50. The second-order valence-corrected chi connectivity index (χ2v) is 14.8. The zero-order valence-electron chi connectivity index (χ0n) is 29.7. The van der Waals surface area contributed by atoms with Gasteiger partial charge in [-0.05, 0) is 78.2 Å². The average Bonchev–Trinajstić information content (AvgIpc) is 3.74. The monoisotopic (exact) mass is 736 g/mol. The molecule has 5 aliphatic rings. The molecule has 12 heteroatoms. The highest BCUT2D eigenvalue weighted by Gasteiger charge is 2.46. The van der Waals surface area contributed by atoms with Gasteiger partial charge in [0.25, 0.3) is 23.6 Å². The summed E-state index contributed by atoms with van der Waals surface area (Å²) in [7, 11) is 0. The number of halogens is 2. The highest BCUT2D eigenvalue weighted by atomic mass is 19.2. The zero-order chi connectivity index (χ0) is 38.7. The fourth-order valence-electron chi connectivity index (χ4n) is 7.91. The molecule has 0 aromatic heterocycles. The van der Waals surface area contributed by atoms with E-state index in [2.05, 4.69) is 4.99 Å². The summed E-state index contributed by atoms with van der Waals surface area (Å²) >= 11 is 0. The molecule has 4 aromatic carbocycles. The van der Waals surface area contributed by atoms with Crippen molar-refractivity contribution in [1.29, 1.82) is 0 Å². The number of aliphatic hydroxyl groups excluding tert-OH is 1. The van der Waals surface area contributed by atoms with E-state index in [-0.39, 0.29) is 46.9 Å². The second-order valence-electron chi connectivity index (χ2n) is 14.8. The molecule has 4 amide bonds. The van der Waals surface area contributed by atoms with Crippen LogP contribution in [-0.2, 0) is 29.0 Å². The number of allylic oxidation sites excluding steroid dienone is 5. The lowest BCUT2D eigenvalue weighted by Crippen LogP contribution is -2.30. The minimum absolute atomic E-state index is 0.0191. The third-order valence-corrected chi connectivity index (χ3v) is 11.1. The Balaban J connectivity index is 0.944. The van der Waals surface area contributed by atoms with Gasteiger partial charge >= 0.3 is 0 Å². The number of fused-ring (bicyclic) bond motifs is 4. The molecule has 272 valence electrons. The zero-order valence-corrected chi connectivity index (χ0v) is 29.7. The van der Waals surface area contributed by atoms with Crippen LogP contribution < -0.4 is 5.12 Å². The number of aliphatic imine (C=N–C) groups is 1. The summed E-state index contributed by atoms with van der Waals surface area (Å²) in [4.78, 5) is 71.8. The Morgan fingerprint density at radius 1 is 0.691 bits per heavy atom. The number of hydrogen-bond donors (Lipinski definition) is 1. The van der Waals surface area contributed by atoms with E-state index in [4.69, 9.17) is 0 Å². The molecule has 0 saturated carbocycles. The number of aliphatic hydroxyl groups is 1. The number of anilines is 1. The van der Waals surface area contributed by atoms with E-state index >= 15 is 8.87 Å². The van der Waals surface area contributed by atoms with Gasteiger partial charge in [0.2, 0.25) is 5.78 Å². The number of nitrogens with zero attached hydrogens (tertiary/aromatic N) is 4. The van der Waals surface area contributed by atoms with Crippen molar-refractivity contribution >= 4 is 46.5 Å². The van der Waals surface area contributed by atoms with Crippen molar-refractivity contribution in [3.63, 3.8) is 0 Å². The standard InChI is InChI=1S/C43H30F2N4O6/c1-42(2)31-17-23(21-48-40(54)26-10-6-7-11-27(26)41(48)55)13-15-33(31)49(45)35(42)19-29-36(50)28(37(29)51)18-34-43(3,44)30-16-22(12-14-32(30)46-34)20-47-38(52)24-8-4-5-9-25(24)39(47)53/h4-19,50H,20-21H2,1-3H3. The van der Waals surface area contributed by atoms with Crippen LogP contribution >= 0.6 is 0 Å². The van der Waals surface area contributed by atoms with E-state index in [0.29, 0.717) is 49.8 Å². The first-order valence-corrected chi connectivity index (χ1v) is 17.5. The highest BCUT2D eigenvalue weighted by molar-refractivity contribution is 6.25. The fourth-order valence-corrected chi connectivity index (χ4v) is 7.91. The molecule has 1 aliphatic carbocycles. The van der Waals surface area contributed by atoms with Gasteiger partial charge < -0.3 is 5.11 Å². The van der Waals surface area contributed by atoms with Crippen LogP contribution in [0.2, 0.25) is 0 Å². The van der Waals surface area contributed by atoms with E-state index in [9.17, 15) is 29.1 Å². The Hall–Kier alpha value is -6.82. The van der Waals surface area contributed by atoms with Crippen LogP contribution in [0.3, 0.4) is 0 Å². The van der Waals surface area contributed by atoms with E-state index in [1.54, 1.807) is 86.6 Å². The van der Waals surface area contributed by atoms with Crippen LogP contribution in [0.5, 0.6) is 0 Å². The summed E-state index contributed by atoms with van der Waals surface area (Å²) < 4.78 is 32.4. The summed E-state index contributed by atoms with van der Waals surface area (Å²) in [5.74, 6) is -2.76. The molecule has 9 rings (SSSR count). The molecule has 1 unspecified atom stereocenters. The molecule has 0 spiro atoms. The first-order chi connectivity index (χ1) is 26.2. The van der Waals surface area contributed by atoms with Crippen LogP contribution in [0.1, 0.15) is 84.5 Å². The molecule has 4 aromatic rings. The minimum atomic E-state index is -2.19. The predicted octanol–water partition coefficient (Wildman–Crippen LogP) is 7.44. The lowest BCUT2D eigenvalue weighted by atomic mass is 9.79. The largest absolute Gasteiger partial charge is 0.506 e. The maximum Gasteiger partial charge on any atom is 0.261 e. The molecule has 4 aliphatic heterocycles. The van der Waals surface area contributed by atoms with Crippen molar-refractivity contribution in [3.8, 4) is 0 Å². The fraction of sp³-hybridized carbons (Fsp3) is 0.163. The smallest absolute Gasteiger partial charge is 0.261 e. The lowest BCUT2D eigenvalue weighted by molar-refractivity contribution is -0.113. The summed E-state index contributed by atoms with van der Waals surface area (Å²) in [6, 6.07) is 22.7. The van der Waals surface area contributed by atoms with Gasteiger partial charge in [0.15, 0.2) is 5.67 Å². The Morgan fingerprint density at radius 3 is 1.69 bits per heavy atom. The molecule has 4 heterocycles. The number of ketones is 1. The lowest BCUT2D eigenvalue weighted by Gasteiger charge is -2.25. The molecule has 0 radical (unpaired) electrons. The number of alkyl halides is 1. The van der Waals surface area contributed by atoms with Crippen LogP contribution in [0, 0.1) is 0 Å². The van der Waals surface area contributed by atoms with Gasteiger partial charge in [-0.15, -0.1) is 0 Å². The predicted molar refractivity (Wildman–Crippen MR) is 197 cm³/mol. The first kappa shape index (κ1) is 34.0. The molecule has 55 heavy (non-hydrogen) atoms. The summed E-state index contributed by atoms with van der Waals surface area (Å²) in [5.41, 5.74) is -0.00283. The van der Waals surface area contributed by atoms with Crippen molar-refractivity contribution in [2.45, 2.75) is 44.9 Å². The SMILES string of the molecule is CC1(C)C(=CC2=C(O)C(=CC3=Nc4ccc(CN5C(=O)c6ccccc6C5=O)cc4C3(C)F)C2=O)N(F)c2ccc(CN3C(=O)c4ccccc4C3=O)cc21. The van der Waals surface area contributed by atoms with Crippen LogP contribution in [0.4, 0.5) is 20.2 Å². The summed E-state index contributed by atoms with van der Waals surface area (Å²) in [6.45, 7) is 4.68. The molecule has 10 nitrogen and oxygen atoms in total. The average molecular weight is 737 g/mol. The van der Waals surface area contributed by atoms with Crippen molar-refractivity contribution in [1.82, 2.24) is 9.80 Å². The first-order valence-electron chi connectivity index (χ1n) is 17.5. The molecular formula is C43H30F2N4O6. The third kappa shape index (κ3) is 4.83. The molecular weight excluding hydrogens is 706 g/mol. The van der Waals surface area contributed by atoms with Gasteiger partial charge in [0.1, 0.15) is 5.76 Å².